The van der Waals surface area contributed by atoms with Gasteiger partial charge in [-0.15, -0.1) is 0 Å². The number of hydrazine groups is 1. The Kier molecular flexibility index (Phi) is 5.78. The van der Waals surface area contributed by atoms with Crippen molar-refractivity contribution in [3.8, 4) is 11.8 Å². The first kappa shape index (κ1) is 20.6. The highest BCUT2D eigenvalue weighted by atomic mass is 16.5. The SMILES string of the molecule is CC(=O)N(CCO)Nc1ccccc1C1c2cc(C#N)ccc2OC(C)(C)C1O. The predicted molar refractivity (Wildman–Crippen MR) is 108 cm³/mol. The van der Waals surface area contributed by atoms with E-state index in [0.717, 1.165) is 5.56 Å². The molecule has 3 N–H and O–H groups in total. The van der Waals surface area contributed by atoms with E-state index in [1.807, 2.05) is 38.1 Å². The second-order valence-corrected chi connectivity index (χ2v) is 7.59. The van der Waals surface area contributed by atoms with E-state index in [1.165, 1.54) is 11.9 Å². The number of anilines is 1. The molecule has 2 aromatic carbocycles. The zero-order valence-corrected chi connectivity index (χ0v) is 16.7. The third-order valence-electron chi connectivity index (χ3n) is 5.13. The summed E-state index contributed by atoms with van der Waals surface area (Å²) >= 11 is 0. The van der Waals surface area contributed by atoms with Crippen molar-refractivity contribution in [2.75, 3.05) is 18.6 Å². The Hall–Kier alpha value is -3.08. The quantitative estimate of drug-likeness (QED) is 0.672. The number of fused-ring (bicyclic) bond motifs is 1. The third-order valence-corrected chi connectivity index (χ3v) is 5.13. The summed E-state index contributed by atoms with van der Waals surface area (Å²) in [6.07, 6.45) is -0.893. The van der Waals surface area contributed by atoms with Crippen molar-refractivity contribution < 1.29 is 19.7 Å². The lowest BCUT2D eigenvalue weighted by atomic mass is 9.76. The van der Waals surface area contributed by atoms with E-state index < -0.39 is 17.6 Å². The molecule has 2 atom stereocenters. The van der Waals surface area contributed by atoms with Gasteiger partial charge in [0.2, 0.25) is 5.91 Å². The summed E-state index contributed by atoms with van der Waals surface area (Å²) in [6, 6.07) is 14.7. The number of rotatable bonds is 5. The Balaban J connectivity index is 2.13. The van der Waals surface area contributed by atoms with E-state index in [-0.39, 0.29) is 19.1 Å². The van der Waals surface area contributed by atoms with Crippen molar-refractivity contribution in [2.24, 2.45) is 0 Å². The highest BCUT2D eigenvalue weighted by Gasteiger charge is 2.44. The molecule has 1 heterocycles. The van der Waals surface area contributed by atoms with Gasteiger partial charge in [0, 0.05) is 18.4 Å². The van der Waals surface area contributed by atoms with Gasteiger partial charge in [-0.2, -0.15) is 5.26 Å². The van der Waals surface area contributed by atoms with Crippen LogP contribution in [0.4, 0.5) is 5.69 Å². The fourth-order valence-corrected chi connectivity index (χ4v) is 3.61. The highest BCUT2D eigenvalue weighted by molar-refractivity contribution is 5.75. The Labute approximate surface area is 170 Å². The van der Waals surface area contributed by atoms with Crippen LogP contribution < -0.4 is 10.2 Å². The predicted octanol–water partition coefficient (Wildman–Crippen LogP) is 2.39. The molecule has 152 valence electrons. The molecule has 0 bridgehead atoms. The number of hydrogen-bond donors (Lipinski definition) is 3. The number of nitrogens with zero attached hydrogens (tertiary/aromatic N) is 2. The molecule has 0 saturated heterocycles. The van der Waals surface area contributed by atoms with Crippen molar-refractivity contribution in [3.05, 3.63) is 59.2 Å². The van der Waals surface area contributed by atoms with E-state index in [9.17, 15) is 20.3 Å². The molecule has 0 aromatic heterocycles. The lowest BCUT2D eigenvalue weighted by molar-refractivity contribution is -0.128. The van der Waals surface area contributed by atoms with Crippen molar-refractivity contribution in [2.45, 2.75) is 38.4 Å². The number of carbonyl (C=O) groups is 1. The van der Waals surface area contributed by atoms with E-state index in [4.69, 9.17) is 4.74 Å². The minimum atomic E-state index is -0.893. The first-order valence-electron chi connectivity index (χ1n) is 9.44. The highest BCUT2D eigenvalue weighted by Crippen LogP contribution is 2.46. The maximum atomic E-state index is 11.9. The Morgan fingerprint density at radius 3 is 2.66 bits per heavy atom. The molecule has 3 rings (SSSR count). The first-order chi connectivity index (χ1) is 13.8. The molecular formula is C22H25N3O4. The topological polar surface area (TPSA) is 106 Å². The smallest absolute Gasteiger partial charge is 0.237 e. The molecule has 0 saturated carbocycles. The molecule has 0 fully saturated rings. The fourth-order valence-electron chi connectivity index (χ4n) is 3.61. The van der Waals surface area contributed by atoms with E-state index in [2.05, 4.69) is 11.5 Å². The number of amides is 1. The van der Waals surface area contributed by atoms with Gasteiger partial charge in [0.1, 0.15) is 17.5 Å². The number of nitrogens with one attached hydrogen (secondary N) is 1. The maximum Gasteiger partial charge on any atom is 0.237 e. The summed E-state index contributed by atoms with van der Waals surface area (Å²) in [5.41, 5.74) is 4.78. The minimum Gasteiger partial charge on any atom is -0.485 e. The van der Waals surface area contributed by atoms with Gasteiger partial charge < -0.3 is 14.9 Å². The number of aliphatic hydroxyl groups is 2. The molecule has 2 aromatic rings. The molecule has 0 spiro atoms. The molecule has 2 unspecified atom stereocenters. The van der Waals surface area contributed by atoms with E-state index >= 15 is 0 Å². The Morgan fingerprint density at radius 1 is 1.28 bits per heavy atom. The Morgan fingerprint density at radius 2 is 2.00 bits per heavy atom. The summed E-state index contributed by atoms with van der Waals surface area (Å²) in [5.74, 6) is -0.111. The molecule has 0 radical (unpaired) electrons. The second kappa shape index (κ2) is 8.11. The maximum absolute atomic E-state index is 11.9. The van der Waals surface area contributed by atoms with Crippen LogP contribution in [0.3, 0.4) is 0 Å². The van der Waals surface area contributed by atoms with Crippen LogP contribution in [0.25, 0.3) is 0 Å². The third kappa shape index (κ3) is 4.04. The molecule has 0 aliphatic carbocycles. The summed E-state index contributed by atoms with van der Waals surface area (Å²) in [4.78, 5) is 11.9. The van der Waals surface area contributed by atoms with Crippen molar-refractivity contribution >= 4 is 11.6 Å². The number of ether oxygens (including phenoxy) is 1. The van der Waals surface area contributed by atoms with Gasteiger partial charge in [-0.3, -0.25) is 15.2 Å². The van der Waals surface area contributed by atoms with E-state index in [1.54, 1.807) is 18.2 Å². The first-order valence-corrected chi connectivity index (χ1v) is 9.44. The summed E-state index contributed by atoms with van der Waals surface area (Å²) < 4.78 is 6.00. The van der Waals surface area contributed by atoms with Gasteiger partial charge in [0.25, 0.3) is 0 Å². The number of nitriles is 1. The lowest BCUT2D eigenvalue weighted by Crippen LogP contribution is -2.49. The molecular weight excluding hydrogens is 370 g/mol. The average Bonchev–Trinajstić information content (AvgIpc) is 2.69. The zero-order chi connectivity index (χ0) is 21.2. The number of benzene rings is 2. The number of hydrogen-bond acceptors (Lipinski definition) is 6. The zero-order valence-electron chi connectivity index (χ0n) is 16.7. The second-order valence-electron chi connectivity index (χ2n) is 7.59. The monoisotopic (exact) mass is 395 g/mol. The Bertz CT molecular complexity index is 951. The lowest BCUT2D eigenvalue weighted by Gasteiger charge is -2.43. The van der Waals surface area contributed by atoms with Crippen LogP contribution in [0.15, 0.2) is 42.5 Å². The summed E-state index contributed by atoms with van der Waals surface area (Å²) in [6.45, 7) is 4.98. The van der Waals surface area contributed by atoms with Crippen LogP contribution in [0.1, 0.15) is 43.4 Å². The van der Waals surface area contributed by atoms with Crippen LogP contribution in [0, 0.1) is 11.3 Å². The molecule has 1 aliphatic rings. The summed E-state index contributed by atoms with van der Waals surface area (Å²) in [5, 5.41) is 31.1. The average molecular weight is 395 g/mol. The largest absolute Gasteiger partial charge is 0.485 e. The van der Waals surface area contributed by atoms with Crippen LogP contribution in [-0.2, 0) is 4.79 Å². The van der Waals surface area contributed by atoms with Crippen molar-refractivity contribution in [3.63, 3.8) is 0 Å². The van der Waals surface area contributed by atoms with Gasteiger partial charge in [0.05, 0.1) is 30.5 Å². The normalized spacial score (nSPS) is 19.4. The molecule has 29 heavy (non-hydrogen) atoms. The van der Waals surface area contributed by atoms with Crippen LogP contribution in [0.5, 0.6) is 5.75 Å². The van der Waals surface area contributed by atoms with Crippen LogP contribution >= 0.6 is 0 Å². The van der Waals surface area contributed by atoms with Crippen molar-refractivity contribution in [1.29, 1.82) is 5.26 Å². The summed E-state index contributed by atoms with van der Waals surface area (Å²) in [7, 11) is 0. The van der Waals surface area contributed by atoms with Gasteiger partial charge in [0.15, 0.2) is 0 Å². The molecule has 7 heteroatoms. The minimum absolute atomic E-state index is 0.126. The van der Waals surface area contributed by atoms with Gasteiger partial charge >= 0.3 is 0 Å². The fraction of sp³-hybridized carbons (Fsp3) is 0.364. The standard InChI is InChI=1S/C22H25N3O4/c1-14(27)25(10-11-26)24-18-7-5-4-6-16(18)20-17-12-15(13-23)8-9-19(17)29-22(2,3)21(20)28/h4-9,12,20-21,24,26,28H,10-11H2,1-3H3. The number of carbonyl (C=O) groups excluding carboxylic acids is 1. The molecule has 7 nitrogen and oxygen atoms in total. The van der Waals surface area contributed by atoms with Gasteiger partial charge in [-0.25, -0.2) is 0 Å². The van der Waals surface area contributed by atoms with E-state index in [0.29, 0.717) is 22.6 Å². The number of para-hydroxylation sites is 1. The van der Waals surface area contributed by atoms with Gasteiger partial charge in [-0.05, 0) is 43.7 Å². The molecule has 1 aliphatic heterocycles. The van der Waals surface area contributed by atoms with Crippen LogP contribution in [0.2, 0.25) is 0 Å². The molecule has 1 amide bonds. The van der Waals surface area contributed by atoms with Gasteiger partial charge in [-0.1, -0.05) is 18.2 Å². The van der Waals surface area contributed by atoms with Crippen LogP contribution in [-0.4, -0.2) is 46.0 Å². The number of aliphatic hydroxyl groups excluding tert-OH is 2. The van der Waals surface area contributed by atoms with Crippen molar-refractivity contribution in [1.82, 2.24) is 5.01 Å².